The molecule has 1 atom stereocenters. The van der Waals surface area contributed by atoms with Crippen molar-refractivity contribution in [3.8, 4) is 5.75 Å². The van der Waals surface area contributed by atoms with Gasteiger partial charge in [-0.15, -0.1) is 0 Å². The Labute approximate surface area is 241 Å². The van der Waals surface area contributed by atoms with Crippen molar-refractivity contribution in [2.75, 3.05) is 24.2 Å². The Morgan fingerprint density at radius 3 is 2.25 bits per heavy atom. The van der Waals surface area contributed by atoms with Gasteiger partial charge < -0.3 is 15.0 Å². The molecule has 214 valence electrons. The number of benzene rings is 3. The maximum absolute atomic E-state index is 14.1. The number of ether oxygens (including phenoxy) is 1. The van der Waals surface area contributed by atoms with Gasteiger partial charge in [-0.1, -0.05) is 60.1 Å². The zero-order valence-corrected chi connectivity index (χ0v) is 25.0. The molecule has 0 aliphatic heterocycles. The molecule has 0 spiro atoms. The van der Waals surface area contributed by atoms with Crippen LogP contribution in [0.15, 0.2) is 72.8 Å². The highest BCUT2D eigenvalue weighted by Crippen LogP contribution is 2.31. The lowest BCUT2D eigenvalue weighted by atomic mass is 10.0. The maximum atomic E-state index is 14.1. The standard InChI is InChI=1S/C30H36ClN3O5S/c1-21(2)32-30(36)27(18-23-10-7-6-8-11-23)33(19-24-12-9-13-25(31)17-24)29(35)20-34(40(5,37)38)26-16-22(3)14-15-28(26)39-4/h6-17,21,27H,18-20H2,1-5H3,(H,32,36). The number of sulfonamides is 1. The van der Waals surface area contributed by atoms with Gasteiger partial charge >= 0.3 is 0 Å². The van der Waals surface area contributed by atoms with E-state index in [-0.39, 0.29) is 30.6 Å². The minimum Gasteiger partial charge on any atom is -0.495 e. The van der Waals surface area contributed by atoms with Gasteiger partial charge in [-0.3, -0.25) is 13.9 Å². The Bertz CT molecular complexity index is 1430. The Morgan fingerprint density at radius 2 is 1.65 bits per heavy atom. The van der Waals surface area contributed by atoms with Crippen LogP contribution in [0.4, 0.5) is 5.69 Å². The van der Waals surface area contributed by atoms with E-state index in [2.05, 4.69) is 5.32 Å². The number of carbonyl (C=O) groups excluding carboxylic acids is 2. The SMILES string of the molecule is COc1ccc(C)cc1N(CC(=O)N(Cc1cccc(Cl)c1)C(Cc1ccccc1)C(=O)NC(C)C)S(C)(=O)=O. The first-order valence-electron chi connectivity index (χ1n) is 12.9. The number of anilines is 1. The minimum atomic E-state index is -3.92. The predicted molar refractivity (Wildman–Crippen MR) is 159 cm³/mol. The van der Waals surface area contributed by atoms with E-state index in [0.717, 1.165) is 21.7 Å². The topological polar surface area (TPSA) is 96.0 Å². The molecule has 8 nitrogen and oxygen atoms in total. The van der Waals surface area contributed by atoms with Crippen LogP contribution >= 0.6 is 11.6 Å². The molecule has 0 aliphatic rings. The van der Waals surface area contributed by atoms with E-state index in [4.69, 9.17) is 16.3 Å². The van der Waals surface area contributed by atoms with Gasteiger partial charge in [0.2, 0.25) is 21.8 Å². The van der Waals surface area contributed by atoms with Gasteiger partial charge in [0.25, 0.3) is 0 Å². The Kier molecular flexibility index (Phi) is 10.6. The molecular weight excluding hydrogens is 550 g/mol. The van der Waals surface area contributed by atoms with Crippen LogP contribution in [0, 0.1) is 6.92 Å². The zero-order chi connectivity index (χ0) is 29.4. The van der Waals surface area contributed by atoms with Crippen LogP contribution in [0.25, 0.3) is 0 Å². The molecular formula is C30H36ClN3O5S. The van der Waals surface area contributed by atoms with Gasteiger partial charge in [-0.25, -0.2) is 8.42 Å². The molecule has 0 aliphatic carbocycles. The third-order valence-corrected chi connectivity index (χ3v) is 7.59. The first-order valence-corrected chi connectivity index (χ1v) is 15.1. The molecule has 3 aromatic carbocycles. The van der Waals surface area contributed by atoms with Crippen molar-refractivity contribution in [3.63, 3.8) is 0 Å². The van der Waals surface area contributed by atoms with Crippen molar-refractivity contribution in [1.29, 1.82) is 0 Å². The molecule has 1 unspecified atom stereocenters. The van der Waals surface area contributed by atoms with Gasteiger partial charge in [0.05, 0.1) is 19.1 Å². The Morgan fingerprint density at radius 1 is 0.975 bits per heavy atom. The zero-order valence-electron chi connectivity index (χ0n) is 23.4. The molecule has 0 heterocycles. The molecule has 10 heteroatoms. The van der Waals surface area contributed by atoms with E-state index >= 15 is 0 Å². The summed E-state index contributed by atoms with van der Waals surface area (Å²) >= 11 is 6.24. The summed E-state index contributed by atoms with van der Waals surface area (Å²) in [4.78, 5) is 29.1. The van der Waals surface area contributed by atoms with Crippen LogP contribution < -0.4 is 14.4 Å². The van der Waals surface area contributed by atoms with Crippen molar-refractivity contribution >= 4 is 39.1 Å². The first kappa shape index (κ1) is 31.0. The lowest BCUT2D eigenvalue weighted by Gasteiger charge is -2.34. The Balaban J connectivity index is 2.10. The summed E-state index contributed by atoms with van der Waals surface area (Å²) in [5.41, 5.74) is 2.60. The minimum absolute atomic E-state index is 0.0466. The summed E-state index contributed by atoms with van der Waals surface area (Å²) in [7, 11) is -2.48. The van der Waals surface area contributed by atoms with Gasteiger partial charge in [0.15, 0.2) is 0 Å². The number of amides is 2. The fraction of sp³-hybridized carbons (Fsp3) is 0.333. The van der Waals surface area contributed by atoms with Crippen molar-refractivity contribution in [1.82, 2.24) is 10.2 Å². The second-order valence-corrected chi connectivity index (χ2v) is 12.3. The summed E-state index contributed by atoms with van der Waals surface area (Å²) in [5.74, 6) is -0.578. The van der Waals surface area contributed by atoms with Crippen LogP contribution in [0.2, 0.25) is 5.02 Å². The van der Waals surface area contributed by atoms with E-state index in [1.807, 2.05) is 57.2 Å². The number of carbonyl (C=O) groups is 2. The van der Waals surface area contributed by atoms with E-state index in [1.165, 1.54) is 12.0 Å². The Hall–Kier alpha value is -3.56. The number of rotatable bonds is 12. The highest BCUT2D eigenvalue weighted by molar-refractivity contribution is 7.92. The average molecular weight is 586 g/mol. The molecule has 0 bridgehead atoms. The van der Waals surface area contributed by atoms with Crippen LogP contribution in [-0.4, -0.2) is 57.1 Å². The fourth-order valence-corrected chi connectivity index (χ4v) is 5.41. The molecule has 0 fully saturated rings. The van der Waals surface area contributed by atoms with Gasteiger partial charge in [-0.2, -0.15) is 0 Å². The van der Waals surface area contributed by atoms with Crippen molar-refractivity contribution in [3.05, 3.63) is 94.5 Å². The molecule has 3 aromatic rings. The van der Waals surface area contributed by atoms with Crippen LogP contribution in [0.5, 0.6) is 5.75 Å². The van der Waals surface area contributed by atoms with Gasteiger partial charge in [0.1, 0.15) is 18.3 Å². The third-order valence-electron chi connectivity index (χ3n) is 6.23. The molecule has 40 heavy (non-hydrogen) atoms. The largest absolute Gasteiger partial charge is 0.495 e. The van der Waals surface area contributed by atoms with E-state index in [9.17, 15) is 18.0 Å². The average Bonchev–Trinajstić information content (AvgIpc) is 2.88. The molecule has 0 aromatic heterocycles. The smallest absolute Gasteiger partial charge is 0.244 e. The molecule has 2 amide bonds. The predicted octanol–water partition coefficient (Wildman–Crippen LogP) is 4.59. The number of aryl methyl sites for hydroxylation is 1. The lowest BCUT2D eigenvalue weighted by molar-refractivity contribution is -0.140. The maximum Gasteiger partial charge on any atom is 0.244 e. The third kappa shape index (κ3) is 8.47. The number of methoxy groups -OCH3 is 1. The van der Waals surface area contributed by atoms with Crippen LogP contribution in [0.3, 0.4) is 0 Å². The monoisotopic (exact) mass is 585 g/mol. The summed E-state index contributed by atoms with van der Waals surface area (Å²) in [5, 5.41) is 3.41. The van der Waals surface area contributed by atoms with E-state index in [1.54, 1.807) is 36.4 Å². The second kappa shape index (κ2) is 13.7. The van der Waals surface area contributed by atoms with Gasteiger partial charge in [0, 0.05) is 24.0 Å². The first-order chi connectivity index (χ1) is 18.9. The molecule has 0 saturated heterocycles. The number of nitrogens with one attached hydrogen (secondary N) is 1. The highest BCUT2D eigenvalue weighted by Gasteiger charge is 2.34. The number of hydrogen-bond donors (Lipinski definition) is 1. The van der Waals surface area contributed by atoms with E-state index in [0.29, 0.717) is 16.3 Å². The van der Waals surface area contributed by atoms with Crippen LogP contribution in [-0.2, 0) is 32.6 Å². The summed E-state index contributed by atoms with van der Waals surface area (Å²) in [6.45, 7) is 5.03. The summed E-state index contributed by atoms with van der Waals surface area (Å²) in [6, 6.07) is 20.4. The lowest BCUT2D eigenvalue weighted by Crippen LogP contribution is -2.54. The van der Waals surface area contributed by atoms with Gasteiger partial charge in [-0.05, 0) is 61.7 Å². The summed E-state index contributed by atoms with van der Waals surface area (Å²) in [6.07, 6.45) is 1.27. The fourth-order valence-electron chi connectivity index (χ4n) is 4.36. The summed E-state index contributed by atoms with van der Waals surface area (Å²) < 4.78 is 32.5. The van der Waals surface area contributed by atoms with Crippen LogP contribution in [0.1, 0.15) is 30.5 Å². The van der Waals surface area contributed by atoms with Crippen molar-refractivity contribution < 1.29 is 22.7 Å². The van der Waals surface area contributed by atoms with Crippen molar-refractivity contribution in [2.24, 2.45) is 0 Å². The number of halogens is 1. The number of nitrogens with zero attached hydrogens (tertiary/aromatic N) is 2. The normalized spacial score (nSPS) is 12.1. The molecule has 0 radical (unpaired) electrons. The highest BCUT2D eigenvalue weighted by atomic mass is 35.5. The number of hydrogen-bond acceptors (Lipinski definition) is 5. The van der Waals surface area contributed by atoms with E-state index < -0.39 is 28.5 Å². The van der Waals surface area contributed by atoms with Crippen molar-refractivity contribution in [2.45, 2.75) is 45.8 Å². The molecule has 1 N–H and O–H groups in total. The molecule has 0 saturated carbocycles. The molecule has 3 rings (SSSR count). The quantitative estimate of drug-likeness (QED) is 0.335. The second-order valence-electron chi connectivity index (χ2n) is 9.97.